The van der Waals surface area contributed by atoms with Crippen LogP contribution in [0.4, 0.5) is 5.69 Å². The molecule has 0 saturated heterocycles. The molecule has 0 radical (unpaired) electrons. The lowest BCUT2D eigenvalue weighted by Crippen LogP contribution is -2.46. The van der Waals surface area contributed by atoms with Crippen molar-refractivity contribution in [2.75, 3.05) is 19.0 Å². The first-order valence-electron chi connectivity index (χ1n) is 6.93. The average Bonchev–Trinajstić information content (AvgIpc) is 2.47. The van der Waals surface area contributed by atoms with E-state index < -0.39 is 6.04 Å². The third kappa shape index (κ3) is 4.89. The summed E-state index contributed by atoms with van der Waals surface area (Å²) in [6.07, 6.45) is 0. The van der Waals surface area contributed by atoms with E-state index in [1.807, 2.05) is 20.8 Å². The van der Waals surface area contributed by atoms with Crippen LogP contribution in [-0.2, 0) is 9.59 Å². The van der Waals surface area contributed by atoms with Crippen molar-refractivity contribution in [3.05, 3.63) is 22.7 Å². The summed E-state index contributed by atoms with van der Waals surface area (Å²) in [6.45, 7) is 5.34. The van der Waals surface area contributed by atoms with Crippen LogP contribution in [0, 0.1) is 12.8 Å². The lowest BCUT2D eigenvalue weighted by molar-refractivity contribution is -0.125. The maximum atomic E-state index is 11.9. The number of carbonyl (C=O) groups is 2. The van der Waals surface area contributed by atoms with Crippen LogP contribution in [0.2, 0.25) is 5.02 Å². The van der Waals surface area contributed by atoms with Gasteiger partial charge in [-0.3, -0.25) is 9.59 Å². The minimum absolute atomic E-state index is 0.00192. The van der Waals surface area contributed by atoms with Gasteiger partial charge < -0.3 is 21.1 Å². The van der Waals surface area contributed by atoms with Gasteiger partial charge in [0.25, 0.3) is 0 Å². The lowest BCUT2D eigenvalue weighted by atomic mass is 10.1. The van der Waals surface area contributed by atoms with Gasteiger partial charge in [-0.25, -0.2) is 0 Å². The fourth-order valence-electron chi connectivity index (χ4n) is 1.71. The Bertz CT molecular complexity index is 561. The van der Waals surface area contributed by atoms with Crippen molar-refractivity contribution >= 4 is 29.1 Å². The molecule has 0 fully saturated rings. The number of rotatable bonds is 6. The van der Waals surface area contributed by atoms with Crippen molar-refractivity contribution in [2.45, 2.75) is 26.8 Å². The molecule has 1 atom stereocenters. The number of aryl methyl sites for hydroxylation is 1. The maximum Gasteiger partial charge on any atom is 0.243 e. The van der Waals surface area contributed by atoms with E-state index in [-0.39, 0.29) is 24.3 Å². The van der Waals surface area contributed by atoms with Gasteiger partial charge in [0, 0.05) is 11.1 Å². The zero-order chi connectivity index (χ0) is 16.9. The maximum absolute atomic E-state index is 11.9. The van der Waals surface area contributed by atoms with Gasteiger partial charge in [-0.1, -0.05) is 25.4 Å². The fourth-order valence-corrected chi connectivity index (χ4v) is 1.87. The van der Waals surface area contributed by atoms with E-state index in [1.54, 1.807) is 12.1 Å². The summed E-state index contributed by atoms with van der Waals surface area (Å²) in [7, 11) is 1.49. The van der Waals surface area contributed by atoms with Crippen molar-refractivity contribution in [2.24, 2.45) is 11.7 Å². The van der Waals surface area contributed by atoms with E-state index in [0.717, 1.165) is 5.56 Å². The van der Waals surface area contributed by atoms with Crippen LogP contribution in [0.1, 0.15) is 19.4 Å². The molecule has 1 rings (SSSR count). The Morgan fingerprint density at radius 3 is 2.55 bits per heavy atom. The highest BCUT2D eigenvalue weighted by Crippen LogP contribution is 2.30. The quantitative estimate of drug-likeness (QED) is 0.741. The summed E-state index contributed by atoms with van der Waals surface area (Å²) in [5.41, 5.74) is 7.01. The molecule has 0 unspecified atom stereocenters. The SMILES string of the molecule is COc1cc(Cl)c(C)cc1NC(=O)CNC(=O)[C@@H](N)C(C)C. The Kier molecular flexibility index (Phi) is 6.64. The highest BCUT2D eigenvalue weighted by molar-refractivity contribution is 6.31. The number of carbonyl (C=O) groups excluding carboxylic acids is 2. The number of halogens is 1. The predicted molar refractivity (Wildman–Crippen MR) is 87.2 cm³/mol. The second-order valence-corrected chi connectivity index (χ2v) is 5.74. The first kappa shape index (κ1) is 18.3. The van der Waals surface area contributed by atoms with Crippen molar-refractivity contribution in [1.29, 1.82) is 0 Å². The van der Waals surface area contributed by atoms with Crippen molar-refractivity contribution in [3.8, 4) is 5.75 Å². The van der Waals surface area contributed by atoms with E-state index in [0.29, 0.717) is 16.5 Å². The van der Waals surface area contributed by atoms with Gasteiger partial charge in [-0.05, 0) is 24.5 Å². The molecule has 0 aliphatic rings. The first-order chi connectivity index (χ1) is 10.3. The topological polar surface area (TPSA) is 93.5 Å². The van der Waals surface area contributed by atoms with Gasteiger partial charge in [0.05, 0.1) is 25.4 Å². The van der Waals surface area contributed by atoms with Gasteiger partial charge in [0.1, 0.15) is 5.75 Å². The van der Waals surface area contributed by atoms with Crippen LogP contribution >= 0.6 is 11.6 Å². The van der Waals surface area contributed by atoms with Gasteiger partial charge in [0.15, 0.2) is 0 Å². The second-order valence-electron chi connectivity index (χ2n) is 5.34. The number of hydrogen-bond acceptors (Lipinski definition) is 4. The molecule has 1 aromatic rings. The zero-order valence-electron chi connectivity index (χ0n) is 13.2. The number of amides is 2. The molecule has 0 aliphatic carbocycles. The Morgan fingerprint density at radius 1 is 1.36 bits per heavy atom. The number of nitrogens with two attached hydrogens (primary N) is 1. The Morgan fingerprint density at radius 2 is 2.00 bits per heavy atom. The molecule has 6 nitrogen and oxygen atoms in total. The van der Waals surface area contributed by atoms with Gasteiger partial charge >= 0.3 is 0 Å². The lowest BCUT2D eigenvalue weighted by Gasteiger charge is -2.16. The van der Waals surface area contributed by atoms with Crippen LogP contribution in [0.5, 0.6) is 5.75 Å². The van der Waals surface area contributed by atoms with E-state index >= 15 is 0 Å². The molecule has 0 spiro atoms. The largest absolute Gasteiger partial charge is 0.495 e. The highest BCUT2D eigenvalue weighted by atomic mass is 35.5. The Balaban J connectivity index is 2.66. The van der Waals surface area contributed by atoms with Crippen LogP contribution in [0.15, 0.2) is 12.1 Å². The van der Waals surface area contributed by atoms with Gasteiger partial charge in [-0.15, -0.1) is 0 Å². The number of hydrogen-bond donors (Lipinski definition) is 3. The normalized spacial score (nSPS) is 12.0. The van der Waals surface area contributed by atoms with Gasteiger partial charge in [0.2, 0.25) is 11.8 Å². The molecule has 122 valence electrons. The Hall–Kier alpha value is -1.79. The van der Waals surface area contributed by atoms with Crippen LogP contribution in [-0.4, -0.2) is 31.5 Å². The monoisotopic (exact) mass is 327 g/mol. The summed E-state index contributed by atoms with van der Waals surface area (Å²) in [5, 5.41) is 5.73. The molecule has 2 amide bonds. The molecule has 0 heterocycles. The van der Waals surface area contributed by atoms with Crippen LogP contribution < -0.4 is 21.1 Å². The molecule has 4 N–H and O–H groups in total. The second kappa shape index (κ2) is 8.00. The summed E-state index contributed by atoms with van der Waals surface area (Å²) >= 11 is 6.00. The summed E-state index contributed by atoms with van der Waals surface area (Å²) in [5.74, 6) is -0.273. The minimum atomic E-state index is -0.639. The van der Waals surface area contributed by atoms with Crippen molar-refractivity contribution < 1.29 is 14.3 Å². The summed E-state index contributed by atoms with van der Waals surface area (Å²) < 4.78 is 5.17. The summed E-state index contributed by atoms with van der Waals surface area (Å²) in [4.78, 5) is 23.6. The van der Waals surface area contributed by atoms with Crippen molar-refractivity contribution in [1.82, 2.24) is 5.32 Å². The first-order valence-corrected chi connectivity index (χ1v) is 7.31. The molecule has 7 heteroatoms. The average molecular weight is 328 g/mol. The molecular weight excluding hydrogens is 306 g/mol. The van der Waals surface area contributed by atoms with E-state index in [4.69, 9.17) is 22.1 Å². The standard InChI is InChI=1S/C15H22ClN3O3/c1-8(2)14(17)15(21)18-7-13(20)19-11-5-9(3)10(16)6-12(11)22-4/h5-6,8,14H,7,17H2,1-4H3,(H,18,21)(H,19,20)/t14-/m0/s1. The van der Waals surface area contributed by atoms with Crippen molar-refractivity contribution in [3.63, 3.8) is 0 Å². The van der Waals surface area contributed by atoms with Crippen LogP contribution in [0.25, 0.3) is 0 Å². The van der Waals surface area contributed by atoms with Crippen LogP contribution in [0.3, 0.4) is 0 Å². The molecular formula is C15H22ClN3O3. The molecule has 0 aliphatic heterocycles. The third-order valence-electron chi connectivity index (χ3n) is 3.20. The smallest absolute Gasteiger partial charge is 0.243 e. The number of methoxy groups -OCH3 is 1. The zero-order valence-corrected chi connectivity index (χ0v) is 14.0. The van der Waals surface area contributed by atoms with Gasteiger partial charge in [-0.2, -0.15) is 0 Å². The fraction of sp³-hybridized carbons (Fsp3) is 0.467. The number of ether oxygens (including phenoxy) is 1. The van der Waals surface area contributed by atoms with E-state index in [2.05, 4.69) is 10.6 Å². The highest BCUT2D eigenvalue weighted by Gasteiger charge is 2.18. The molecule has 1 aromatic carbocycles. The number of anilines is 1. The molecule has 22 heavy (non-hydrogen) atoms. The minimum Gasteiger partial charge on any atom is -0.495 e. The number of nitrogens with one attached hydrogen (secondary N) is 2. The predicted octanol–water partition coefficient (Wildman–Crippen LogP) is 1.70. The molecule has 0 saturated carbocycles. The molecule has 0 bridgehead atoms. The van der Waals surface area contributed by atoms with E-state index in [1.165, 1.54) is 7.11 Å². The number of benzene rings is 1. The third-order valence-corrected chi connectivity index (χ3v) is 3.61. The Labute approximate surface area is 135 Å². The molecule has 0 aromatic heterocycles. The summed E-state index contributed by atoms with van der Waals surface area (Å²) in [6, 6.07) is 2.70. The van der Waals surface area contributed by atoms with E-state index in [9.17, 15) is 9.59 Å².